The van der Waals surface area contributed by atoms with Crippen molar-refractivity contribution in [3.05, 3.63) is 48.0 Å². The number of hydrogen-bond acceptors (Lipinski definition) is 6. The molecule has 28 heavy (non-hydrogen) atoms. The van der Waals surface area contributed by atoms with Crippen LogP contribution in [0.5, 0.6) is 0 Å². The van der Waals surface area contributed by atoms with Gasteiger partial charge in [0.25, 0.3) is 10.0 Å². The lowest BCUT2D eigenvalue weighted by Gasteiger charge is -2.15. The molecule has 1 amide bonds. The van der Waals surface area contributed by atoms with Gasteiger partial charge >= 0.3 is 0 Å². The van der Waals surface area contributed by atoms with Crippen LogP contribution in [0.4, 0.5) is 11.4 Å². The number of aryl methyl sites for hydroxylation is 1. The molecular formula is C18H18N6O3S. The molecule has 0 fully saturated rings. The summed E-state index contributed by atoms with van der Waals surface area (Å²) in [5, 5.41) is 11.3. The Kier molecular flexibility index (Phi) is 4.34. The number of hydrogen-bond donors (Lipinski definition) is 1. The summed E-state index contributed by atoms with van der Waals surface area (Å²) in [7, 11) is -2.07. The first-order valence-electron chi connectivity index (χ1n) is 8.62. The summed E-state index contributed by atoms with van der Waals surface area (Å²) in [5.41, 5.74) is 2.71. The molecule has 3 aromatic rings. The van der Waals surface area contributed by atoms with E-state index in [4.69, 9.17) is 0 Å². The average molecular weight is 398 g/mol. The summed E-state index contributed by atoms with van der Waals surface area (Å²) < 4.78 is 29.8. The Morgan fingerprint density at radius 2 is 2.00 bits per heavy atom. The van der Waals surface area contributed by atoms with Gasteiger partial charge in [0.05, 0.1) is 4.90 Å². The molecule has 144 valence electrons. The largest absolute Gasteiger partial charge is 0.312 e. The van der Waals surface area contributed by atoms with Crippen molar-refractivity contribution in [2.45, 2.75) is 18.2 Å². The molecule has 1 aliphatic heterocycles. The van der Waals surface area contributed by atoms with E-state index in [0.717, 1.165) is 11.3 Å². The molecular weight excluding hydrogens is 380 g/mol. The first-order chi connectivity index (χ1) is 13.3. The molecule has 0 bridgehead atoms. The highest BCUT2D eigenvalue weighted by Crippen LogP contribution is 2.31. The molecule has 0 unspecified atom stereocenters. The highest BCUT2D eigenvalue weighted by molar-refractivity contribution is 7.92. The minimum Gasteiger partial charge on any atom is -0.312 e. The Bertz CT molecular complexity index is 1170. The zero-order valence-corrected chi connectivity index (χ0v) is 16.1. The zero-order chi connectivity index (χ0) is 19.9. The number of tetrazole rings is 1. The van der Waals surface area contributed by atoms with Crippen LogP contribution in [0, 0.1) is 0 Å². The third-order valence-corrected chi connectivity index (χ3v) is 6.01. The second-order valence-electron chi connectivity index (χ2n) is 6.52. The topological polar surface area (TPSA) is 110 Å². The van der Waals surface area contributed by atoms with Crippen LogP contribution in [0.25, 0.3) is 11.4 Å². The third kappa shape index (κ3) is 3.22. The first-order valence-corrected chi connectivity index (χ1v) is 10.1. The van der Waals surface area contributed by atoms with Crippen LogP contribution in [0.2, 0.25) is 0 Å². The van der Waals surface area contributed by atoms with Gasteiger partial charge in [-0.25, -0.2) is 13.1 Å². The van der Waals surface area contributed by atoms with Crippen molar-refractivity contribution < 1.29 is 13.2 Å². The van der Waals surface area contributed by atoms with Gasteiger partial charge in [-0.05, 0) is 52.7 Å². The van der Waals surface area contributed by atoms with Crippen molar-refractivity contribution in [2.24, 2.45) is 7.05 Å². The molecule has 0 radical (unpaired) electrons. The number of nitrogens with zero attached hydrogens (tertiary/aromatic N) is 5. The first kappa shape index (κ1) is 18.1. The zero-order valence-electron chi connectivity index (χ0n) is 15.3. The van der Waals surface area contributed by atoms with Crippen LogP contribution < -0.4 is 9.62 Å². The number of carbonyl (C=O) groups excluding carboxylic acids is 1. The molecule has 0 saturated heterocycles. The summed E-state index contributed by atoms with van der Waals surface area (Å²) in [5.74, 6) is 0.477. The molecule has 1 N–H and O–H groups in total. The van der Waals surface area contributed by atoms with Gasteiger partial charge in [-0.3, -0.25) is 9.52 Å². The van der Waals surface area contributed by atoms with Crippen LogP contribution in [0.1, 0.15) is 12.5 Å². The van der Waals surface area contributed by atoms with Gasteiger partial charge in [-0.1, -0.05) is 12.1 Å². The van der Waals surface area contributed by atoms with Gasteiger partial charge in [-0.15, -0.1) is 5.10 Å². The van der Waals surface area contributed by atoms with E-state index in [2.05, 4.69) is 20.2 Å². The quantitative estimate of drug-likeness (QED) is 0.715. The molecule has 2 aromatic carbocycles. The fraction of sp³-hybridized carbons (Fsp3) is 0.222. The SMILES string of the molecule is CC(=O)N1CCc2cc(S(=O)(=O)Nc3cccc(-c4nnnn4C)c3)ccc21. The fourth-order valence-electron chi connectivity index (χ4n) is 3.28. The van der Waals surface area contributed by atoms with Crippen LogP contribution in [0.3, 0.4) is 0 Å². The van der Waals surface area contributed by atoms with Crippen molar-refractivity contribution >= 4 is 27.3 Å². The Hall–Kier alpha value is -3.27. The molecule has 1 aliphatic rings. The van der Waals surface area contributed by atoms with Crippen molar-refractivity contribution in [3.8, 4) is 11.4 Å². The van der Waals surface area contributed by atoms with Crippen LogP contribution in [-0.2, 0) is 28.3 Å². The van der Waals surface area contributed by atoms with E-state index in [1.54, 1.807) is 48.3 Å². The van der Waals surface area contributed by atoms with E-state index in [1.807, 2.05) is 0 Å². The number of sulfonamides is 1. The second kappa shape index (κ2) is 6.71. The van der Waals surface area contributed by atoms with Gasteiger partial charge < -0.3 is 4.90 Å². The van der Waals surface area contributed by atoms with E-state index in [0.29, 0.717) is 30.0 Å². The lowest BCUT2D eigenvalue weighted by molar-refractivity contribution is -0.116. The summed E-state index contributed by atoms with van der Waals surface area (Å²) in [6.07, 6.45) is 0.632. The minimum atomic E-state index is -3.78. The number of anilines is 2. The number of aromatic nitrogens is 4. The maximum absolute atomic E-state index is 12.8. The molecule has 0 spiro atoms. The maximum Gasteiger partial charge on any atom is 0.261 e. The smallest absolute Gasteiger partial charge is 0.261 e. The van der Waals surface area contributed by atoms with Crippen LogP contribution in [0.15, 0.2) is 47.4 Å². The number of fused-ring (bicyclic) bond motifs is 1. The van der Waals surface area contributed by atoms with Crippen molar-refractivity contribution in [2.75, 3.05) is 16.2 Å². The summed E-state index contributed by atoms with van der Waals surface area (Å²) >= 11 is 0. The monoisotopic (exact) mass is 398 g/mol. The highest BCUT2D eigenvalue weighted by Gasteiger charge is 2.25. The lowest BCUT2D eigenvalue weighted by Crippen LogP contribution is -2.25. The van der Waals surface area contributed by atoms with Gasteiger partial charge in [0.1, 0.15) is 0 Å². The molecule has 0 atom stereocenters. The van der Waals surface area contributed by atoms with Gasteiger partial charge in [-0.2, -0.15) is 0 Å². The predicted octanol–water partition coefficient (Wildman–Crippen LogP) is 1.59. The fourth-order valence-corrected chi connectivity index (χ4v) is 4.38. The third-order valence-electron chi connectivity index (χ3n) is 4.63. The van der Waals surface area contributed by atoms with E-state index < -0.39 is 10.0 Å². The summed E-state index contributed by atoms with van der Waals surface area (Å²) in [6.45, 7) is 2.07. The van der Waals surface area contributed by atoms with Gasteiger partial charge in [0.15, 0.2) is 5.82 Å². The number of nitrogens with one attached hydrogen (secondary N) is 1. The number of amides is 1. The normalized spacial score (nSPS) is 13.4. The van der Waals surface area contributed by atoms with Crippen molar-refractivity contribution in [1.82, 2.24) is 20.2 Å². The minimum absolute atomic E-state index is 0.0532. The summed E-state index contributed by atoms with van der Waals surface area (Å²) in [6, 6.07) is 11.7. The number of carbonyl (C=O) groups is 1. The maximum atomic E-state index is 12.8. The Labute approximate surface area is 162 Å². The summed E-state index contributed by atoms with van der Waals surface area (Å²) in [4.78, 5) is 13.5. The average Bonchev–Trinajstić information content (AvgIpc) is 3.27. The van der Waals surface area contributed by atoms with Crippen molar-refractivity contribution in [1.29, 1.82) is 0 Å². The molecule has 9 nitrogen and oxygen atoms in total. The van der Waals surface area contributed by atoms with Crippen molar-refractivity contribution in [3.63, 3.8) is 0 Å². The van der Waals surface area contributed by atoms with E-state index in [1.165, 1.54) is 17.7 Å². The Morgan fingerprint density at radius 3 is 2.71 bits per heavy atom. The molecule has 4 rings (SSSR count). The second-order valence-corrected chi connectivity index (χ2v) is 8.21. The Balaban J connectivity index is 1.62. The van der Waals surface area contributed by atoms with Crippen LogP contribution >= 0.6 is 0 Å². The molecule has 0 aliphatic carbocycles. The van der Waals surface area contributed by atoms with Gasteiger partial charge in [0.2, 0.25) is 5.91 Å². The molecule has 2 heterocycles. The standard InChI is InChI=1S/C18H18N6O3S/c1-12(25)24-9-8-13-11-16(6-7-17(13)24)28(26,27)20-15-5-3-4-14(10-15)18-19-21-22-23(18)2/h3-7,10-11,20H,8-9H2,1-2H3. The van der Waals surface area contributed by atoms with Crippen LogP contribution in [-0.4, -0.2) is 41.1 Å². The highest BCUT2D eigenvalue weighted by atomic mass is 32.2. The number of benzene rings is 2. The molecule has 0 saturated carbocycles. The van der Waals surface area contributed by atoms with E-state index >= 15 is 0 Å². The lowest BCUT2D eigenvalue weighted by atomic mass is 10.2. The predicted molar refractivity (Wildman–Crippen MR) is 103 cm³/mol. The number of rotatable bonds is 4. The molecule has 10 heteroatoms. The van der Waals surface area contributed by atoms with E-state index in [-0.39, 0.29) is 10.8 Å². The Morgan fingerprint density at radius 1 is 1.18 bits per heavy atom. The molecule has 1 aromatic heterocycles. The van der Waals surface area contributed by atoms with Gasteiger partial charge in [0, 0.05) is 37.5 Å². The van der Waals surface area contributed by atoms with E-state index in [9.17, 15) is 13.2 Å².